The van der Waals surface area contributed by atoms with E-state index in [9.17, 15) is 5.11 Å². The molecule has 0 amide bonds. The monoisotopic (exact) mass is 372 g/mol. The van der Waals surface area contributed by atoms with Gasteiger partial charge >= 0.3 is 0 Å². The van der Waals surface area contributed by atoms with E-state index in [-0.39, 0.29) is 0 Å². The number of ether oxygens (including phenoxy) is 3. The van der Waals surface area contributed by atoms with Crippen molar-refractivity contribution in [2.75, 3.05) is 21.3 Å². The van der Waals surface area contributed by atoms with Gasteiger partial charge in [-0.3, -0.25) is 0 Å². The number of benzene rings is 1. The van der Waals surface area contributed by atoms with E-state index in [0.29, 0.717) is 29.2 Å². The maximum Gasteiger partial charge on any atom is 0.132 e. The summed E-state index contributed by atoms with van der Waals surface area (Å²) < 4.78 is 17.0. The van der Waals surface area contributed by atoms with Crippen LogP contribution in [0.3, 0.4) is 0 Å². The summed E-state index contributed by atoms with van der Waals surface area (Å²) in [5, 5.41) is 12.6. The number of methoxy groups -OCH3 is 3. The summed E-state index contributed by atoms with van der Waals surface area (Å²) >= 11 is 5.07. The number of aliphatic hydroxyl groups is 1. The van der Waals surface area contributed by atoms with Crippen molar-refractivity contribution in [2.45, 2.75) is 12.5 Å². The van der Waals surface area contributed by atoms with Crippen molar-refractivity contribution < 1.29 is 19.3 Å². The molecule has 0 bridgehead atoms. The molecule has 114 valence electrons. The number of aliphatic hydroxyl groups excluding tert-OH is 1. The zero-order valence-electron chi connectivity index (χ0n) is 12.1. The minimum atomic E-state index is -0.726. The van der Waals surface area contributed by atoms with E-state index >= 15 is 0 Å². The smallest absolute Gasteiger partial charge is 0.132 e. The molecule has 0 saturated carbocycles. The van der Waals surface area contributed by atoms with Crippen molar-refractivity contribution in [1.29, 1.82) is 0 Å². The first-order valence-corrected chi connectivity index (χ1v) is 7.97. The van der Waals surface area contributed by atoms with Crippen molar-refractivity contribution in [3.05, 3.63) is 38.5 Å². The summed E-state index contributed by atoms with van der Waals surface area (Å²) in [6, 6.07) is 5.45. The van der Waals surface area contributed by atoms with E-state index in [1.165, 1.54) is 0 Å². The lowest BCUT2D eigenvalue weighted by atomic mass is 10.0. The van der Waals surface area contributed by atoms with Gasteiger partial charge in [0, 0.05) is 27.9 Å². The molecular formula is C15H17BrO4S. The topological polar surface area (TPSA) is 47.9 Å². The van der Waals surface area contributed by atoms with Crippen LogP contribution in [0.2, 0.25) is 0 Å². The lowest BCUT2D eigenvalue weighted by molar-refractivity contribution is 0.170. The minimum Gasteiger partial charge on any atom is -0.496 e. The van der Waals surface area contributed by atoms with Gasteiger partial charge in [0.05, 0.1) is 33.0 Å². The van der Waals surface area contributed by atoms with Crippen LogP contribution in [0.5, 0.6) is 17.2 Å². The van der Waals surface area contributed by atoms with Gasteiger partial charge in [0.15, 0.2) is 0 Å². The Bertz CT molecular complexity index is 586. The molecule has 0 aliphatic carbocycles. The van der Waals surface area contributed by atoms with Crippen LogP contribution in [0.1, 0.15) is 16.5 Å². The van der Waals surface area contributed by atoms with Crippen LogP contribution in [-0.2, 0) is 6.42 Å². The first-order chi connectivity index (χ1) is 10.1. The van der Waals surface area contributed by atoms with Crippen LogP contribution in [0, 0.1) is 0 Å². The molecule has 2 aromatic rings. The third-order valence-corrected chi connectivity index (χ3v) is 5.10. The second-order valence-electron chi connectivity index (χ2n) is 4.36. The molecule has 1 atom stereocenters. The standard InChI is InChI=1S/C15H17BrO4S/c1-18-9-6-12(19-2)15(13(7-9)20-3)11(17)8-14-10(16)4-5-21-14/h4-7,11,17H,8H2,1-3H3. The summed E-state index contributed by atoms with van der Waals surface area (Å²) in [4.78, 5) is 1.07. The van der Waals surface area contributed by atoms with E-state index in [2.05, 4.69) is 15.9 Å². The van der Waals surface area contributed by atoms with E-state index in [1.54, 1.807) is 44.8 Å². The second kappa shape index (κ2) is 7.15. The molecule has 1 aromatic carbocycles. The van der Waals surface area contributed by atoms with Crippen LogP contribution in [0.4, 0.5) is 0 Å². The van der Waals surface area contributed by atoms with Gasteiger partial charge in [-0.15, -0.1) is 11.3 Å². The molecule has 2 rings (SSSR count). The normalized spacial score (nSPS) is 12.0. The molecule has 4 nitrogen and oxygen atoms in total. The average molecular weight is 373 g/mol. The Morgan fingerprint density at radius 1 is 1.14 bits per heavy atom. The molecule has 1 heterocycles. The van der Waals surface area contributed by atoms with Crippen LogP contribution in [0.25, 0.3) is 0 Å². The Labute approximate surface area is 136 Å². The Hall–Kier alpha value is -1.24. The van der Waals surface area contributed by atoms with Gasteiger partial charge in [0.2, 0.25) is 0 Å². The number of hydrogen-bond acceptors (Lipinski definition) is 5. The highest BCUT2D eigenvalue weighted by molar-refractivity contribution is 9.10. The highest BCUT2D eigenvalue weighted by Crippen LogP contribution is 2.40. The molecule has 0 saturated heterocycles. The summed E-state index contributed by atoms with van der Waals surface area (Å²) in [5.41, 5.74) is 0.626. The molecule has 21 heavy (non-hydrogen) atoms. The number of halogens is 1. The zero-order chi connectivity index (χ0) is 15.4. The molecule has 1 N–H and O–H groups in total. The molecule has 0 aliphatic heterocycles. The van der Waals surface area contributed by atoms with Gasteiger partial charge in [-0.2, -0.15) is 0 Å². The van der Waals surface area contributed by atoms with Gasteiger partial charge in [-0.25, -0.2) is 0 Å². The van der Waals surface area contributed by atoms with Crippen molar-refractivity contribution in [1.82, 2.24) is 0 Å². The highest BCUT2D eigenvalue weighted by Gasteiger charge is 2.22. The van der Waals surface area contributed by atoms with E-state index in [0.717, 1.165) is 9.35 Å². The van der Waals surface area contributed by atoms with E-state index < -0.39 is 6.10 Å². The number of hydrogen-bond donors (Lipinski definition) is 1. The molecule has 0 fully saturated rings. The molecule has 1 aromatic heterocycles. The van der Waals surface area contributed by atoms with Gasteiger partial charge in [-0.1, -0.05) is 0 Å². The summed E-state index contributed by atoms with van der Waals surface area (Å²) in [5.74, 6) is 1.72. The van der Waals surface area contributed by atoms with Crippen molar-refractivity contribution in [2.24, 2.45) is 0 Å². The maximum atomic E-state index is 10.6. The zero-order valence-corrected chi connectivity index (χ0v) is 14.5. The first-order valence-electron chi connectivity index (χ1n) is 6.30. The third kappa shape index (κ3) is 3.51. The maximum absolute atomic E-state index is 10.6. The summed E-state index contributed by atoms with van der Waals surface area (Å²) in [6.45, 7) is 0. The Kier molecular flexibility index (Phi) is 5.50. The lowest BCUT2D eigenvalue weighted by Gasteiger charge is -2.19. The first kappa shape index (κ1) is 16.1. The Morgan fingerprint density at radius 3 is 2.19 bits per heavy atom. The predicted octanol–water partition coefficient (Wildman–Crippen LogP) is 3.81. The van der Waals surface area contributed by atoms with Crippen LogP contribution in [-0.4, -0.2) is 26.4 Å². The third-order valence-electron chi connectivity index (χ3n) is 3.16. The molecular weight excluding hydrogens is 356 g/mol. The molecule has 0 radical (unpaired) electrons. The van der Waals surface area contributed by atoms with E-state index in [1.807, 2.05) is 11.4 Å². The molecule has 0 spiro atoms. The van der Waals surface area contributed by atoms with Gasteiger partial charge in [0.25, 0.3) is 0 Å². The van der Waals surface area contributed by atoms with Gasteiger partial charge in [-0.05, 0) is 27.4 Å². The average Bonchev–Trinajstić information content (AvgIpc) is 2.90. The van der Waals surface area contributed by atoms with Crippen molar-refractivity contribution in [3.63, 3.8) is 0 Å². The molecule has 6 heteroatoms. The minimum absolute atomic E-state index is 0.483. The number of thiophene rings is 1. The summed E-state index contributed by atoms with van der Waals surface area (Å²) in [7, 11) is 4.70. The fraction of sp³-hybridized carbons (Fsp3) is 0.333. The highest BCUT2D eigenvalue weighted by atomic mass is 79.9. The van der Waals surface area contributed by atoms with Crippen molar-refractivity contribution in [3.8, 4) is 17.2 Å². The number of rotatable bonds is 6. The fourth-order valence-corrected chi connectivity index (χ4v) is 3.66. The quantitative estimate of drug-likeness (QED) is 0.837. The lowest BCUT2D eigenvalue weighted by Crippen LogP contribution is -2.06. The predicted molar refractivity (Wildman–Crippen MR) is 86.8 cm³/mol. The fourth-order valence-electron chi connectivity index (χ4n) is 2.11. The Balaban J connectivity index is 2.39. The van der Waals surface area contributed by atoms with Crippen molar-refractivity contribution >= 4 is 27.3 Å². The van der Waals surface area contributed by atoms with Gasteiger partial charge in [0.1, 0.15) is 17.2 Å². The van der Waals surface area contributed by atoms with Crippen LogP contribution < -0.4 is 14.2 Å². The molecule has 0 aliphatic rings. The largest absolute Gasteiger partial charge is 0.496 e. The second-order valence-corrected chi connectivity index (χ2v) is 6.21. The molecule has 1 unspecified atom stereocenters. The van der Waals surface area contributed by atoms with Crippen LogP contribution >= 0.6 is 27.3 Å². The van der Waals surface area contributed by atoms with Crippen LogP contribution in [0.15, 0.2) is 28.1 Å². The van der Waals surface area contributed by atoms with E-state index in [4.69, 9.17) is 14.2 Å². The Morgan fingerprint density at radius 2 is 1.76 bits per heavy atom. The van der Waals surface area contributed by atoms with Gasteiger partial charge < -0.3 is 19.3 Å². The summed E-state index contributed by atoms with van der Waals surface area (Å²) in [6.07, 6.45) is -0.243. The SMILES string of the molecule is COc1cc(OC)c(C(O)Cc2sccc2Br)c(OC)c1.